The van der Waals surface area contributed by atoms with Crippen molar-refractivity contribution in [1.29, 1.82) is 0 Å². The Hall–Kier alpha value is -2.73. The Morgan fingerprint density at radius 1 is 1.26 bits per heavy atom. The fourth-order valence-corrected chi connectivity index (χ4v) is 2.48. The monoisotopic (exact) mass is 332 g/mol. The van der Waals surface area contributed by atoms with Gasteiger partial charge < -0.3 is 14.5 Å². The zero-order valence-corrected chi connectivity index (χ0v) is 13.2. The molecule has 1 aromatic heterocycles. The Kier molecular flexibility index (Phi) is 3.83. The number of ether oxygens (including phenoxy) is 1. The molecular weight excluding hydrogens is 320 g/mol. The third kappa shape index (κ3) is 2.80. The van der Waals surface area contributed by atoms with Crippen LogP contribution in [-0.2, 0) is 7.05 Å². The second kappa shape index (κ2) is 5.81. The van der Waals surface area contributed by atoms with E-state index in [-0.39, 0.29) is 5.91 Å². The van der Waals surface area contributed by atoms with Crippen LogP contribution in [0.1, 0.15) is 10.4 Å². The summed E-state index contributed by atoms with van der Waals surface area (Å²) in [5.41, 5.74) is 1.89. The van der Waals surface area contributed by atoms with E-state index in [2.05, 4.69) is 5.32 Å². The van der Waals surface area contributed by atoms with Gasteiger partial charge in [0.1, 0.15) is 5.75 Å². The SMILES string of the molecule is COc1ccc(NC(=O)c2ccc3c(c2)oc(=O)n3C)cc1Cl. The second-order valence-corrected chi connectivity index (χ2v) is 5.32. The van der Waals surface area contributed by atoms with E-state index in [1.807, 2.05) is 0 Å². The van der Waals surface area contributed by atoms with Gasteiger partial charge in [-0.3, -0.25) is 9.36 Å². The number of nitrogens with zero attached hydrogens (tertiary/aromatic N) is 1. The lowest BCUT2D eigenvalue weighted by atomic mass is 10.2. The summed E-state index contributed by atoms with van der Waals surface area (Å²) in [6, 6.07) is 9.76. The minimum absolute atomic E-state index is 0.334. The summed E-state index contributed by atoms with van der Waals surface area (Å²) < 4.78 is 11.5. The van der Waals surface area contributed by atoms with Crippen LogP contribution >= 0.6 is 11.6 Å². The van der Waals surface area contributed by atoms with Crippen LogP contribution in [0.4, 0.5) is 5.69 Å². The number of oxazole rings is 1. The molecule has 1 heterocycles. The summed E-state index contributed by atoms with van der Waals surface area (Å²) in [5, 5.41) is 3.13. The molecule has 6 nitrogen and oxygen atoms in total. The van der Waals surface area contributed by atoms with Crippen molar-refractivity contribution in [3.63, 3.8) is 0 Å². The first-order valence-electron chi connectivity index (χ1n) is 6.74. The summed E-state index contributed by atoms with van der Waals surface area (Å²) in [7, 11) is 3.12. The number of fused-ring (bicyclic) bond motifs is 1. The molecule has 3 rings (SSSR count). The smallest absolute Gasteiger partial charge is 0.419 e. The maximum atomic E-state index is 12.3. The summed E-state index contributed by atoms with van der Waals surface area (Å²) in [4.78, 5) is 23.8. The molecule has 0 aliphatic rings. The fourth-order valence-electron chi connectivity index (χ4n) is 2.22. The van der Waals surface area contributed by atoms with Gasteiger partial charge in [0.05, 0.1) is 17.6 Å². The van der Waals surface area contributed by atoms with Crippen LogP contribution in [0, 0.1) is 0 Å². The van der Waals surface area contributed by atoms with E-state index in [1.54, 1.807) is 37.4 Å². The molecule has 0 fully saturated rings. The highest BCUT2D eigenvalue weighted by Crippen LogP contribution is 2.27. The van der Waals surface area contributed by atoms with Gasteiger partial charge in [-0.2, -0.15) is 0 Å². The molecule has 0 atom stereocenters. The van der Waals surface area contributed by atoms with E-state index in [1.165, 1.54) is 17.7 Å². The standard InChI is InChI=1S/C16H13ClN2O4/c1-19-12-5-3-9(7-14(12)23-16(19)21)15(20)18-10-4-6-13(22-2)11(17)8-10/h3-8H,1-2H3,(H,18,20). The number of halogens is 1. The predicted octanol–water partition coefficient (Wildman–Crippen LogP) is 3.05. The van der Waals surface area contributed by atoms with Gasteiger partial charge in [-0.15, -0.1) is 0 Å². The van der Waals surface area contributed by atoms with Crippen LogP contribution in [0.5, 0.6) is 5.75 Å². The molecule has 118 valence electrons. The van der Waals surface area contributed by atoms with Gasteiger partial charge in [0.2, 0.25) is 0 Å². The number of rotatable bonds is 3. The summed E-state index contributed by atoms with van der Waals surface area (Å²) >= 11 is 6.03. The third-order valence-electron chi connectivity index (χ3n) is 3.46. The van der Waals surface area contributed by atoms with Crippen LogP contribution in [0.2, 0.25) is 5.02 Å². The summed E-state index contributed by atoms with van der Waals surface area (Å²) in [6.07, 6.45) is 0. The van der Waals surface area contributed by atoms with Crippen LogP contribution in [0.25, 0.3) is 11.1 Å². The maximum absolute atomic E-state index is 12.3. The highest BCUT2D eigenvalue weighted by atomic mass is 35.5. The molecular formula is C16H13ClN2O4. The molecule has 1 amide bonds. The minimum Gasteiger partial charge on any atom is -0.495 e. The van der Waals surface area contributed by atoms with Gasteiger partial charge in [-0.1, -0.05) is 11.6 Å². The average molecular weight is 333 g/mol. The van der Waals surface area contributed by atoms with E-state index < -0.39 is 5.76 Å². The van der Waals surface area contributed by atoms with Gasteiger partial charge >= 0.3 is 5.76 Å². The third-order valence-corrected chi connectivity index (χ3v) is 3.76. The van der Waals surface area contributed by atoms with Crippen molar-refractivity contribution < 1.29 is 13.9 Å². The Morgan fingerprint density at radius 3 is 2.74 bits per heavy atom. The first kappa shape index (κ1) is 15.2. The topological polar surface area (TPSA) is 73.5 Å². The molecule has 23 heavy (non-hydrogen) atoms. The molecule has 7 heteroatoms. The van der Waals surface area contributed by atoms with Crippen molar-refractivity contribution in [2.75, 3.05) is 12.4 Å². The van der Waals surface area contributed by atoms with E-state index in [0.29, 0.717) is 33.1 Å². The zero-order chi connectivity index (χ0) is 16.6. The quantitative estimate of drug-likeness (QED) is 0.800. The molecule has 0 radical (unpaired) electrons. The number of hydrogen-bond donors (Lipinski definition) is 1. The van der Waals surface area contributed by atoms with Crippen molar-refractivity contribution in [2.24, 2.45) is 7.05 Å². The number of amides is 1. The Bertz CT molecular complexity index is 958. The lowest BCUT2D eigenvalue weighted by Crippen LogP contribution is -2.11. The highest BCUT2D eigenvalue weighted by molar-refractivity contribution is 6.32. The van der Waals surface area contributed by atoms with E-state index >= 15 is 0 Å². The number of hydrogen-bond acceptors (Lipinski definition) is 4. The lowest BCUT2D eigenvalue weighted by molar-refractivity contribution is 0.102. The highest BCUT2D eigenvalue weighted by Gasteiger charge is 2.12. The van der Waals surface area contributed by atoms with Crippen molar-refractivity contribution in [3.05, 3.63) is 57.5 Å². The Morgan fingerprint density at radius 2 is 2.04 bits per heavy atom. The molecule has 3 aromatic rings. The van der Waals surface area contributed by atoms with Crippen LogP contribution in [0.3, 0.4) is 0 Å². The molecule has 0 aliphatic heterocycles. The van der Waals surface area contributed by atoms with E-state index in [0.717, 1.165) is 0 Å². The van der Waals surface area contributed by atoms with Gasteiger partial charge in [0, 0.05) is 18.3 Å². The summed E-state index contributed by atoms with van der Waals surface area (Å²) in [6.45, 7) is 0. The van der Waals surface area contributed by atoms with Crippen molar-refractivity contribution >= 4 is 34.3 Å². The van der Waals surface area contributed by atoms with Crippen LogP contribution in [0.15, 0.2) is 45.6 Å². The van der Waals surface area contributed by atoms with Gasteiger partial charge in [-0.25, -0.2) is 4.79 Å². The maximum Gasteiger partial charge on any atom is 0.419 e. The molecule has 0 saturated heterocycles. The van der Waals surface area contributed by atoms with Gasteiger partial charge in [0.25, 0.3) is 5.91 Å². The van der Waals surface area contributed by atoms with Crippen LogP contribution in [-0.4, -0.2) is 17.6 Å². The average Bonchev–Trinajstić information content (AvgIpc) is 2.81. The van der Waals surface area contributed by atoms with Gasteiger partial charge in [0.15, 0.2) is 5.58 Å². The number of methoxy groups -OCH3 is 1. The Labute approximate surface area is 136 Å². The second-order valence-electron chi connectivity index (χ2n) is 4.91. The fraction of sp³-hybridized carbons (Fsp3) is 0.125. The number of aromatic nitrogens is 1. The lowest BCUT2D eigenvalue weighted by Gasteiger charge is -2.08. The molecule has 0 saturated carbocycles. The van der Waals surface area contributed by atoms with Gasteiger partial charge in [-0.05, 0) is 36.4 Å². The molecule has 1 N–H and O–H groups in total. The van der Waals surface area contributed by atoms with Crippen molar-refractivity contribution in [2.45, 2.75) is 0 Å². The normalized spacial score (nSPS) is 10.7. The predicted molar refractivity (Wildman–Crippen MR) is 87.4 cm³/mol. The molecule has 0 aliphatic carbocycles. The number of anilines is 1. The van der Waals surface area contributed by atoms with E-state index in [4.69, 9.17) is 20.8 Å². The number of aryl methyl sites for hydroxylation is 1. The number of carbonyl (C=O) groups is 1. The first-order valence-corrected chi connectivity index (χ1v) is 7.12. The molecule has 0 unspecified atom stereocenters. The first-order chi connectivity index (χ1) is 11.0. The Balaban J connectivity index is 1.88. The number of carbonyl (C=O) groups excluding carboxylic acids is 1. The largest absolute Gasteiger partial charge is 0.495 e. The molecule has 0 spiro atoms. The van der Waals surface area contributed by atoms with Crippen LogP contribution < -0.4 is 15.8 Å². The number of benzene rings is 2. The van der Waals surface area contributed by atoms with E-state index in [9.17, 15) is 9.59 Å². The van der Waals surface area contributed by atoms with Crippen molar-refractivity contribution in [3.8, 4) is 5.75 Å². The summed E-state index contributed by atoms with van der Waals surface area (Å²) in [5.74, 6) is -0.281. The minimum atomic E-state index is -0.473. The molecule has 0 bridgehead atoms. The molecule has 2 aromatic carbocycles. The number of nitrogens with one attached hydrogen (secondary N) is 1. The van der Waals surface area contributed by atoms with Crippen molar-refractivity contribution in [1.82, 2.24) is 4.57 Å². The zero-order valence-electron chi connectivity index (χ0n) is 12.4.